The summed E-state index contributed by atoms with van der Waals surface area (Å²) in [6.45, 7) is 43.8. The molecule has 0 spiro atoms. The van der Waals surface area contributed by atoms with Crippen LogP contribution in [-0.4, -0.2) is 125 Å². The summed E-state index contributed by atoms with van der Waals surface area (Å²) in [6, 6.07) is 50.0. The normalized spacial score (nSPS) is 16.2. The maximum Gasteiger partial charge on any atom is 0.229 e. The van der Waals surface area contributed by atoms with Crippen LogP contribution in [0, 0.1) is 47.6 Å². The lowest BCUT2D eigenvalue weighted by Crippen LogP contribution is -2.39. The lowest BCUT2D eigenvalue weighted by atomic mass is 9.78. The number of anilines is 5. The highest BCUT2D eigenvalue weighted by atomic mass is 16.3. The van der Waals surface area contributed by atoms with E-state index in [9.17, 15) is 65.1 Å². The molecule has 696 valence electrons. The molecule has 5 saturated carbocycles. The van der Waals surface area contributed by atoms with Crippen LogP contribution in [-0.2, 0) is 62.9 Å². The maximum atomic E-state index is 12.9. The molecule has 0 unspecified atom stereocenters. The average Bonchev–Trinajstić information content (AvgIpc) is 1.60. The molecule has 11 N–H and O–H groups in total. The van der Waals surface area contributed by atoms with Gasteiger partial charge < -0.3 is 53.5 Å². The number of aliphatic hydroxyl groups is 6. The van der Waals surface area contributed by atoms with Crippen molar-refractivity contribution in [3.63, 3.8) is 0 Å². The number of rotatable bonds is 23. The van der Waals surface area contributed by atoms with Gasteiger partial charge in [0.1, 0.15) is 0 Å². The number of carbonyl (C=O) groups excluding carboxylic acids is 5. The van der Waals surface area contributed by atoms with Gasteiger partial charge in [-0.2, -0.15) is 10.5 Å². The molecule has 5 aliphatic carbocycles. The van der Waals surface area contributed by atoms with Crippen molar-refractivity contribution in [3.8, 4) is 12.1 Å². The van der Waals surface area contributed by atoms with Gasteiger partial charge in [-0.1, -0.05) is 78.9 Å². The molecule has 30 nitrogen and oxygen atoms in total. The van der Waals surface area contributed by atoms with Crippen molar-refractivity contribution in [2.45, 2.75) is 288 Å². The predicted octanol–water partition coefficient (Wildman–Crippen LogP) is 18.8. The Morgan fingerprint density at radius 3 is 1.08 bits per heavy atom. The fraction of sp³-hybridized carbons (Fsp3) is 0.456. The Kier molecular flexibility index (Phi) is 27.8. The van der Waals surface area contributed by atoms with Crippen LogP contribution in [0.15, 0.2) is 152 Å². The van der Waals surface area contributed by atoms with E-state index in [2.05, 4.69) is 86.8 Å². The minimum atomic E-state index is -1.28. The molecule has 0 bridgehead atoms. The summed E-state index contributed by atoms with van der Waals surface area (Å²) in [7, 11) is 0. The number of aromatic nitrogens is 10. The molecule has 7 aromatic carbocycles. The number of fused-ring (bicyclic) bond motifs is 5. The molecule has 0 saturated heterocycles. The number of carbonyl (C=O) groups is 5. The number of nitriles is 2. The summed E-state index contributed by atoms with van der Waals surface area (Å²) >= 11 is 0. The summed E-state index contributed by atoms with van der Waals surface area (Å²) < 4.78 is 10.0. The average molecular weight is 1800 g/mol. The SMILES string of the molecule is CC(C)(O)c1ccc2nc(NC(=O)CC(O)(C3CC3)C3CC3)n(C3CCC3)c2c1.CC1(n2c(NC(=O)C[C@@](C)(O)c3ccccc3)nc3ccc(C#N)cc32)CCC1.CC1(n2c(NC(=O)C[C@](C)(O)c3ccccc3)nc3ccc(C#N)cc32)CCC1.[C-]#[N+]c1ccc2nc(NC(=O)CC(C)(C)O)n(C(C)(C)C)c2c1.[C-]#[N+]c1ccc2nc(NC(=O)CC(C)(C)O)n(C(C)(C)C)c2c1. The van der Waals surface area contributed by atoms with E-state index in [1.54, 1.807) is 128 Å². The standard InChI is InChI=1S/2C23H24N4O2.C23H31N3O3.2C17H22N4O2/c2*1-22(11-6-12-22)27-19-13-16(15-24)9-10-18(19)25-21(27)26-20(28)14-23(2,29)17-7-4-3-5-8-17;1-22(2,28)16-10-11-18-19(12-16)26(17-4-3-5-17)21(24-18)25-20(27)13-23(29,14-6-7-14)15-8-9-15;2*1-16(2,3)21-13-9-11(18-6)7-8-12(13)19-15(21)20-14(22)10-17(4,5)23/h2*3-5,7-10,13,29H,6,11-12,14H2,1-2H3,(H,25,26,28);10-12,14-15,17,28-29H,3-9,13H2,1-2H3,(H,24,25,27);2*7-9,23H,10H2,1-5H3,(H,19,20,22)/t2*23-;;;/m10.../s1. The summed E-state index contributed by atoms with van der Waals surface area (Å²) in [4.78, 5) is 92.6. The zero-order chi connectivity index (χ0) is 96.5. The van der Waals surface area contributed by atoms with Crippen LogP contribution in [0.1, 0.15) is 260 Å². The fourth-order valence-electron chi connectivity index (χ4n) is 17.8. The van der Waals surface area contributed by atoms with Crippen LogP contribution in [0.5, 0.6) is 0 Å². The van der Waals surface area contributed by atoms with Crippen molar-refractivity contribution in [2.75, 3.05) is 26.6 Å². The Morgan fingerprint density at radius 2 is 0.737 bits per heavy atom. The molecule has 0 radical (unpaired) electrons. The third-order valence-corrected chi connectivity index (χ3v) is 25.5. The first-order chi connectivity index (χ1) is 62.4. The minimum Gasteiger partial charge on any atom is -0.390 e. The van der Waals surface area contributed by atoms with Crippen molar-refractivity contribution >= 4 is 126 Å². The second-order valence-electron chi connectivity index (χ2n) is 41.0. The van der Waals surface area contributed by atoms with E-state index >= 15 is 0 Å². The molecule has 17 rings (SSSR count). The molecule has 0 aliphatic heterocycles. The first-order valence-corrected chi connectivity index (χ1v) is 45.6. The van der Waals surface area contributed by atoms with Gasteiger partial charge in [-0.15, -0.1) is 0 Å². The molecule has 5 fully saturated rings. The number of imidazole rings is 5. The van der Waals surface area contributed by atoms with Crippen LogP contribution >= 0.6 is 0 Å². The molecule has 30 heteroatoms. The Morgan fingerprint density at radius 1 is 0.398 bits per heavy atom. The van der Waals surface area contributed by atoms with Crippen molar-refractivity contribution in [1.82, 2.24) is 47.8 Å². The van der Waals surface area contributed by atoms with Gasteiger partial charge in [-0.25, -0.2) is 34.6 Å². The Hall–Kier alpha value is -13.0. The first kappa shape index (κ1) is 97.5. The highest BCUT2D eigenvalue weighted by molar-refractivity contribution is 5.97. The Balaban J connectivity index is 0.000000142. The molecule has 5 heterocycles. The largest absolute Gasteiger partial charge is 0.390 e. The summed E-state index contributed by atoms with van der Waals surface area (Å²) in [5, 5.41) is 95.6. The van der Waals surface area contributed by atoms with Crippen LogP contribution < -0.4 is 26.6 Å². The molecule has 133 heavy (non-hydrogen) atoms. The van der Waals surface area contributed by atoms with Crippen molar-refractivity contribution in [1.29, 1.82) is 10.5 Å². The summed E-state index contributed by atoms with van der Waals surface area (Å²) in [6.07, 6.45) is 13.5. The van der Waals surface area contributed by atoms with Crippen molar-refractivity contribution in [2.24, 2.45) is 11.8 Å². The van der Waals surface area contributed by atoms with E-state index in [4.69, 9.17) is 18.1 Å². The van der Waals surface area contributed by atoms with E-state index < -0.39 is 33.6 Å². The number of hydrogen-bond donors (Lipinski definition) is 11. The highest BCUT2D eigenvalue weighted by Crippen LogP contribution is 2.54. The summed E-state index contributed by atoms with van der Waals surface area (Å²) in [5.41, 5.74) is 4.89. The third kappa shape index (κ3) is 22.8. The quantitative estimate of drug-likeness (QED) is 0.0265. The highest BCUT2D eigenvalue weighted by Gasteiger charge is 2.54. The molecular weight excluding hydrogens is 1680 g/mol. The van der Waals surface area contributed by atoms with E-state index in [1.807, 2.05) is 139 Å². The summed E-state index contributed by atoms with van der Waals surface area (Å²) in [5.74, 6) is 1.53. The number of nitrogens with one attached hydrogen (secondary N) is 5. The molecular formula is C103H123N19O11. The van der Waals surface area contributed by atoms with Crippen molar-refractivity contribution < 1.29 is 54.6 Å². The second kappa shape index (κ2) is 37.9. The van der Waals surface area contributed by atoms with Gasteiger partial charge in [0.15, 0.2) is 11.4 Å². The third-order valence-electron chi connectivity index (χ3n) is 25.5. The zero-order valence-corrected chi connectivity index (χ0v) is 78.9. The van der Waals surface area contributed by atoms with Gasteiger partial charge in [0, 0.05) is 28.2 Å². The fourth-order valence-corrected chi connectivity index (χ4v) is 17.8. The van der Waals surface area contributed by atoms with E-state index in [1.165, 1.54) is 6.42 Å². The topological polar surface area (TPSA) is 412 Å². The monoisotopic (exact) mass is 1800 g/mol. The zero-order valence-electron chi connectivity index (χ0n) is 78.9. The van der Waals surface area contributed by atoms with Gasteiger partial charge in [0.2, 0.25) is 59.3 Å². The lowest BCUT2D eigenvalue weighted by Gasteiger charge is -2.41. The Labute approximate surface area is 775 Å². The van der Waals surface area contributed by atoms with Gasteiger partial charge in [0.25, 0.3) is 0 Å². The van der Waals surface area contributed by atoms with E-state index in [0.717, 1.165) is 127 Å². The Bertz CT molecular complexity index is 6220. The molecule has 2 atom stereocenters. The molecule has 12 aromatic rings. The van der Waals surface area contributed by atoms with E-state index in [-0.39, 0.29) is 95.6 Å². The molecule has 5 aliphatic rings. The number of nitrogens with zero attached hydrogens (tertiary/aromatic N) is 14. The lowest BCUT2D eigenvalue weighted by molar-refractivity contribution is -0.124. The van der Waals surface area contributed by atoms with Crippen molar-refractivity contribution in [3.05, 3.63) is 202 Å². The smallest absolute Gasteiger partial charge is 0.229 e. The van der Waals surface area contributed by atoms with Gasteiger partial charge in [-0.3, -0.25) is 50.6 Å². The van der Waals surface area contributed by atoms with Gasteiger partial charge in [-0.05, 0) is 296 Å². The molecule has 5 aromatic heterocycles. The number of hydrogen-bond acceptors (Lipinski definition) is 18. The van der Waals surface area contributed by atoms with Crippen LogP contribution in [0.3, 0.4) is 0 Å². The van der Waals surface area contributed by atoms with Crippen LogP contribution in [0.25, 0.3) is 64.9 Å². The van der Waals surface area contributed by atoms with E-state index in [0.29, 0.717) is 80.4 Å². The number of benzene rings is 7. The maximum absolute atomic E-state index is 12.9. The van der Waals surface area contributed by atoms with Gasteiger partial charge in [0.05, 0.1) is 157 Å². The minimum absolute atomic E-state index is 0.0202. The predicted molar refractivity (Wildman–Crippen MR) is 515 cm³/mol. The van der Waals surface area contributed by atoms with Crippen LogP contribution in [0.4, 0.5) is 41.1 Å². The number of amides is 5. The van der Waals surface area contributed by atoms with Crippen LogP contribution in [0.2, 0.25) is 0 Å². The molecule has 5 amide bonds. The van der Waals surface area contributed by atoms with Gasteiger partial charge >= 0.3 is 0 Å². The second-order valence-corrected chi connectivity index (χ2v) is 41.0. The first-order valence-electron chi connectivity index (χ1n) is 45.6.